The monoisotopic (exact) mass is 470 g/mol. The Morgan fingerprint density at radius 3 is 1.92 bits per heavy atom. The second-order valence-corrected chi connectivity index (χ2v) is 8.02. The number of carbonyl (C=O) groups excluding carboxylic acids is 2. The van der Waals surface area contributed by atoms with Gasteiger partial charge in [-0.15, -0.1) is 12.4 Å². The Labute approximate surface area is 162 Å². The summed E-state index contributed by atoms with van der Waals surface area (Å²) in [6.07, 6.45) is 0.161. The molecule has 0 radical (unpaired) electrons. The summed E-state index contributed by atoms with van der Waals surface area (Å²) in [6, 6.07) is 3.55. The van der Waals surface area contributed by atoms with Crippen molar-refractivity contribution in [2.75, 3.05) is 0 Å². The van der Waals surface area contributed by atoms with E-state index in [1.165, 1.54) is 0 Å². The van der Waals surface area contributed by atoms with Gasteiger partial charge in [-0.3, -0.25) is 0 Å². The van der Waals surface area contributed by atoms with Crippen LogP contribution >= 0.6 is 35.0 Å². The summed E-state index contributed by atoms with van der Waals surface area (Å²) >= 11 is 2.06. The lowest BCUT2D eigenvalue weighted by molar-refractivity contribution is -0.000301. The van der Waals surface area contributed by atoms with Gasteiger partial charge in [-0.25, -0.2) is 19.5 Å². The first-order valence-electron chi connectivity index (χ1n) is 7.22. The van der Waals surface area contributed by atoms with Crippen molar-refractivity contribution in [1.29, 1.82) is 0 Å². The molecule has 6 nitrogen and oxygen atoms in total. The van der Waals surface area contributed by atoms with Crippen LogP contribution in [0.5, 0.6) is 0 Å². The van der Waals surface area contributed by atoms with Gasteiger partial charge >= 0.3 is 12.2 Å². The van der Waals surface area contributed by atoms with Crippen LogP contribution in [-0.2, 0) is 16.0 Å². The fourth-order valence-corrected chi connectivity index (χ4v) is 2.06. The minimum absolute atomic E-state index is 0. The number of halogens is 2. The van der Waals surface area contributed by atoms with Gasteiger partial charge in [-0.05, 0) is 70.2 Å². The number of pyridine rings is 1. The van der Waals surface area contributed by atoms with E-state index in [1.807, 2.05) is 0 Å². The smallest absolute Gasteiger partial charge is 0.420 e. The van der Waals surface area contributed by atoms with Crippen molar-refractivity contribution in [2.45, 2.75) is 59.3 Å². The van der Waals surface area contributed by atoms with E-state index < -0.39 is 23.4 Å². The second-order valence-electron chi connectivity index (χ2n) is 7.00. The Morgan fingerprint density at radius 1 is 1.08 bits per heavy atom. The average molecular weight is 471 g/mol. The van der Waals surface area contributed by atoms with Crippen LogP contribution in [-0.4, -0.2) is 33.3 Å². The van der Waals surface area contributed by atoms with Crippen molar-refractivity contribution in [1.82, 2.24) is 9.88 Å². The zero-order valence-electron chi connectivity index (χ0n) is 14.8. The Hall–Kier alpha value is -1.09. The number of imide groups is 1. The zero-order valence-corrected chi connectivity index (χ0v) is 17.7. The summed E-state index contributed by atoms with van der Waals surface area (Å²) in [4.78, 5) is 29.9. The van der Waals surface area contributed by atoms with Gasteiger partial charge < -0.3 is 9.47 Å². The molecule has 0 aliphatic rings. The number of hydrogen-bond acceptors (Lipinski definition) is 5. The average Bonchev–Trinajstić information content (AvgIpc) is 2.33. The van der Waals surface area contributed by atoms with Crippen molar-refractivity contribution in [2.24, 2.45) is 0 Å². The number of rotatable bonds is 2. The molecule has 0 fully saturated rings. The third-order valence-electron chi connectivity index (χ3n) is 2.39. The molecule has 24 heavy (non-hydrogen) atoms. The molecule has 136 valence electrons. The van der Waals surface area contributed by atoms with E-state index in [0.717, 1.165) is 10.5 Å². The predicted molar refractivity (Wildman–Crippen MR) is 102 cm³/mol. The van der Waals surface area contributed by atoms with E-state index in [0.29, 0.717) is 3.70 Å². The van der Waals surface area contributed by atoms with Gasteiger partial charge in [0.1, 0.15) is 14.9 Å². The fourth-order valence-electron chi connectivity index (χ4n) is 1.55. The van der Waals surface area contributed by atoms with Crippen molar-refractivity contribution in [3.8, 4) is 0 Å². The second kappa shape index (κ2) is 8.84. The number of hydrogen-bond donors (Lipinski definition) is 0. The van der Waals surface area contributed by atoms with Gasteiger partial charge in [0.15, 0.2) is 0 Å². The normalized spacial score (nSPS) is 11.3. The highest BCUT2D eigenvalue weighted by atomic mass is 127. The third kappa shape index (κ3) is 8.14. The third-order valence-corrected chi connectivity index (χ3v) is 3.36. The van der Waals surface area contributed by atoms with Crippen molar-refractivity contribution in [3.63, 3.8) is 0 Å². The van der Waals surface area contributed by atoms with Gasteiger partial charge in [-0.2, -0.15) is 0 Å². The molecule has 0 bridgehead atoms. The molecular weight excluding hydrogens is 447 g/mol. The van der Waals surface area contributed by atoms with Crippen LogP contribution in [0, 0.1) is 3.70 Å². The van der Waals surface area contributed by atoms with Crippen molar-refractivity contribution >= 4 is 47.2 Å². The molecule has 8 heteroatoms. The molecule has 0 atom stereocenters. The number of amides is 2. The molecule has 1 aromatic heterocycles. The van der Waals surface area contributed by atoms with E-state index in [2.05, 4.69) is 27.6 Å². The Kier molecular flexibility index (Phi) is 8.44. The van der Waals surface area contributed by atoms with Crippen LogP contribution < -0.4 is 0 Å². The van der Waals surface area contributed by atoms with E-state index in [9.17, 15) is 9.59 Å². The summed E-state index contributed by atoms with van der Waals surface area (Å²) in [5, 5.41) is 0. The van der Waals surface area contributed by atoms with Gasteiger partial charge in [-0.1, -0.05) is 6.07 Å². The first kappa shape index (κ1) is 22.9. The van der Waals surface area contributed by atoms with Crippen LogP contribution in [0.3, 0.4) is 0 Å². The molecule has 0 N–H and O–H groups in total. The molecule has 1 aromatic rings. The maximum atomic E-state index is 12.4. The van der Waals surface area contributed by atoms with Crippen LogP contribution in [0.25, 0.3) is 0 Å². The number of ether oxygens (including phenoxy) is 2. The van der Waals surface area contributed by atoms with Crippen LogP contribution in [0.15, 0.2) is 18.3 Å². The molecule has 0 aliphatic carbocycles. The lowest BCUT2D eigenvalue weighted by Crippen LogP contribution is -2.43. The quantitative estimate of drug-likeness (QED) is 0.460. The summed E-state index contributed by atoms with van der Waals surface area (Å²) in [5.74, 6) is 0. The lowest BCUT2D eigenvalue weighted by Gasteiger charge is -2.28. The zero-order chi connectivity index (χ0) is 17.8. The van der Waals surface area contributed by atoms with E-state index >= 15 is 0 Å². The van der Waals surface area contributed by atoms with Crippen LogP contribution in [0.2, 0.25) is 0 Å². The Balaban J connectivity index is 0.00000529. The molecule has 1 heterocycles. The van der Waals surface area contributed by atoms with E-state index in [-0.39, 0.29) is 19.0 Å². The maximum Gasteiger partial charge on any atom is 0.420 e. The van der Waals surface area contributed by atoms with Crippen molar-refractivity contribution in [3.05, 3.63) is 27.6 Å². The molecule has 0 spiro atoms. The maximum absolute atomic E-state index is 12.4. The van der Waals surface area contributed by atoms with Gasteiger partial charge in [0.25, 0.3) is 0 Å². The Bertz CT molecular complexity index is 554. The first-order valence-corrected chi connectivity index (χ1v) is 8.30. The molecule has 2 amide bonds. The van der Waals surface area contributed by atoms with Crippen LogP contribution in [0.1, 0.15) is 47.1 Å². The number of aromatic nitrogens is 1. The molecule has 0 aliphatic heterocycles. The van der Waals surface area contributed by atoms with E-state index in [4.69, 9.17) is 9.47 Å². The fraction of sp³-hybridized carbons (Fsp3) is 0.562. The predicted octanol–water partition coefficient (Wildman–Crippen LogP) is 4.78. The highest BCUT2D eigenvalue weighted by Crippen LogP contribution is 2.18. The highest BCUT2D eigenvalue weighted by Gasteiger charge is 2.31. The molecular formula is C16H24ClIN2O4. The summed E-state index contributed by atoms with van der Waals surface area (Å²) in [6.45, 7) is 10.5. The summed E-state index contributed by atoms with van der Waals surface area (Å²) in [7, 11) is 0. The summed E-state index contributed by atoms with van der Waals surface area (Å²) in [5.41, 5.74) is -0.677. The molecule has 1 rings (SSSR count). The highest BCUT2D eigenvalue weighted by molar-refractivity contribution is 14.1. The van der Waals surface area contributed by atoms with E-state index in [1.54, 1.807) is 59.9 Å². The van der Waals surface area contributed by atoms with Gasteiger partial charge in [0.05, 0.1) is 6.54 Å². The Morgan fingerprint density at radius 2 is 1.54 bits per heavy atom. The van der Waals surface area contributed by atoms with Gasteiger partial charge in [0.2, 0.25) is 0 Å². The topological polar surface area (TPSA) is 68.7 Å². The lowest BCUT2D eigenvalue weighted by atomic mass is 10.2. The van der Waals surface area contributed by atoms with Crippen LogP contribution in [0.4, 0.5) is 9.59 Å². The molecule has 0 unspecified atom stereocenters. The molecule has 0 saturated heterocycles. The van der Waals surface area contributed by atoms with Gasteiger partial charge in [0, 0.05) is 11.8 Å². The minimum atomic E-state index is -0.744. The largest absolute Gasteiger partial charge is 0.443 e. The minimum Gasteiger partial charge on any atom is -0.443 e. The molecule has 0 saturated carbocycles. The first-order chi connectivity index (χ1) is 10.4. The summed E-state index contributed by atoms with van der Waals surface area (Å²) < 4.78 is 11.3. The standard InChI is InChI=1S/C16H23IN2O4.ClH/c1-15(2,3)22-13(20)19(14(21)23-16(4,5)6)10-11-8-7-9-18-12(11)17;/h7-9H,10H2,1-6H3;1H. The van der Waals surface area contributed by atoms with Crippen molar-refractivity contribution < 1.29 is 19.1 Å². The SMILES string of the molecule is CC(C)(C)OC(=O)N(Cc1cccnc1I)C(=O)OC(C)(C)C.Cl. The molecule has 0 aromatic carbocycles. The number of carbonyl (C=O) groups is 2. The number of nitrogens with zero attached hydrogens (tertiary/aromatic N) is 2.